The van der Waals surface area contributed by atoms with Gasteiger partial charge in [-0.1, -0.05) is 57.0 Å². The van der Waals surface area contributed by atoms with Crippen molar-refractivity contribution in [2.75, 3.05) is 6.61 Å². The van der Waals surface area contributed by atoms with E-state index in [9.17, 15) is 4.39 Å². The molecule has 0 aliphatic heterocycles. The van der Waals surface area contributed by atoms with Gasteiger partial charge in [-0.3, -0.25) is 0 Å². The van der Waals surface area contributed by atoms with Crippen LogP contribution in [-0.4, -0.2) is 11.6 Å². The summed E-state index contributed by atoms with van der Waals surface area (Å²) in [4.78, 5) is 0.210. The van der Waals surface area contributed by atoms with Gasteiger partial charge < -0.3 is 10.5 Å². The van der Waals surface area contributed by atoms with Gasteiger partial charge in [0.25, 0.3) is 0 Å². The Morgan fingerprint density at radius 3 is 2.63 bits per heavy atom. The van der Waals surface area contributed by atoms with Crippen LogP contribution in [0.25, 0.3) is 0 Å². The fourth-order valence-corrected chi connectivity index (χ4v) is 1.93. The molecule has 0 fully saturated rings. The highest BCUT2D eigenvalue weighted by Crippen LogP contribution is 2.12. The molecule has 19 heavy (non-hydrogen) atoms. The zero-order valence-corrected chi connectivity index (χ0v) is 12.3. The number of thiocarbonyl (C=S) groups is 1. The van der Waals surface area contributed by atoms with Crippen molar-refractivity contribution in [2.45, 2.75) is 45.6 Å². The van der Waals surface area contributed by atoms with Crippen molar-refractivity contribution in [3.05, 3.63) is 35.1 Å². The Bertz CT molecular complexity index is 409. The van der Waals surface area contributed by atoms with E-state index in [-0.39, 0.29) is 10.8 Å². The SMILES string of the molecule is CCCCCCCOCc1ccc(C(N)=S)cc1F. The predicted molar refractivity (Wildman–Crippen MR) is 80.7 cm³/mol. The molecule has 4 heteroatoms. The zero-order valence-electron chi connectivity index (χ0n) is 11.5. The van der Waals surface area contributed by atoms with Crippen molar-refractivity contribution in [1.29, 1.82) is 0 Å². The summed E-state index contributed by atoms with van der Waals surface area (Å²) in [5.41, 5.74) is 6.55. The van der Waals surface area contributed by atoms with Crippen LogP contribution in [0, 0.1) is 5.82 Å². The number of benzene rings is 1. The van der Waals surface area contributed by atoms with Gasteiger partial charge in [-0.2, -0.15) is 0 Å². The maximum Gasteiger partial charge on any atom is 0.129 e. The van der Waals surface area contributed by atoms with Gasteiger partial charge in [-0.05, 0) is 12.5 Å². The van der Waals surface area contributed by atoms with Crippen molar-refractivity contribution in [2.24, 2.45) is 5.73 Å². The highest BCUT2D eigenvalue weighted by molar-refractivity contribution is 7.80. The first kappa shape index (κ1) is 16.1. The quantitative estimate of drug-likeness (QED) is 0.550. The summed E-state index contributed by atoms with van der Waals surface area (Å²) in [7, 11) is 0. The highest BCUT2D eigenvalue weighted by Gasteiger charge is 2.05. The number of ether oxygens (including phenoxy) is 1. The minimum atomic E-state index is -0.309. The van der Waals surface area contributed by atoms with Crippen LogP contribution < -0.4 is 5.73 Å². The molecule has 0 aliphatic rings. The molecule has 0 saturated carbocycles. The van der Waals surface area contributed by atoms with E-state index >= 15 is 0 Å². The molecule has 0 spiro atoms. The molecule has 0 bridgehead atoms. The first-order valence-corrected chi connectivity index (χ1v) is 7.22. The summed E-state index contributed by atoms with van der Waals surface area (Å²) in [5.74, 6) is -0.309. The van der Waals surface area contributed by atoms with Gasteiger partial charge in [0.05, 0.1) is 6.61 Å². The average Bonchev–Trinajstić information content (AvgIpc) is 2.39. The maximum absolute atomic E-state index is 13.7. The lowest BCUT2D eigenvalue weighted by molar-refractivity contribution is 0.114. The molecule has 0 unspecified atom stereocenters. The summed E-state index contributed by atoms with van der Waals surface area (Å²) in [6.45, 7) is 3.17. The lowest BCUT2D eigenvalue weighted by atomic mass is 10.1. The van der Waals surface area contributed by atoms with E-state index in [4.69, 9.17) is 22.7 Å². The van der Waals surface area contributed by atoms with Crippen molar-refractivity contribution >= 4 is 17.2 Å². The van der Waals surface area contributed by atoms with Crippen LogP contribution in [0.2, 0.25) is 0 Å². The molecule has 106 valence electrons. The van der Waals surface area contributed by atoms with E-state index in [1.807, 2.05) is 0 Å². The lowest BCUT2D eigenvalue weighted by Crippen LogP contribution is -2.10. The van der Waals surface area contributed by atoms with Crippen LogP contribution in [0.15, 0.2) is 18.2 Å². The van der Waals surface area contributed by atoms with Gasteiger partial charge in [-0.25, -0.2) is 4.39 Å². The highest BCUT2D eigenvalue weighted by atomic mass is 32.1. The Morgan fingerprint density at radius 1 is 1.26 bits per heavy atom. The van der Waals surface area contributed by atoms with E-state index in [1.54, 1.807) is 12.1 Å². The molecule has 2 nitrogen and oxygen atoms in total. The third kappa shape index (κ3) is 6.12. The molecular weight excluding hydrogens is 261 g/mol. The molecule has 1 rings (SSSR count). The Kier molecular flexibility index (Phi) is 7.60. The second kappa shape index (κ2) is 8.99. The van der Waals surface area contributed by atoms with Gasteiger partial charge in [0.2, 0.25) is 0 Å². The van der Waals surface area contributed by atoms with E-state index in [1.165, 1.54) is 31.7 Å². The van der Waals surface area contributed by atoms with E-state index in [0.29, 0.717) is 24.3 Å². The van der Waals surface area contributed by atoms with Gasteiger partial charge in [0, 0.05) is 17.7 Å². The molecule has 0 heterocycles. The van der Waals surface area contributed by atoms with Crippen LogP contribution in [0.5, 0.6) is 0 Å². The Morgan fingerprint density at radius 2 is 2.00 bits per heavy atom. The normalized spacial score (nSPS) is 10.6. The van der Waals surface area contributed by atoms with Crippen LogP contribution in [0.4, 0.5) is 4.39 Å². The van der Waals surface area contributed by atoms with Crippen molar-refractivity contribution in [3.63, 3.8) is 0 Å². The summed E-state index contributed by atoms with van der Waals surface area (Å²) in [6.07, 6.45) is 5.97. The van der Waals surface area contributed by atoms with Crippen LogP contribution >= 0.6 is 12.2 Å². The fraction of sp³-hybridized carbons (Fsp3) is 0.533. The van der Waals surface area contributed by atoms with Gasteiger partial charge >= 0.3 is 0 Å². The van der Waals surface area contributed by atoms with E-state index in [2.05, 4.69) is 6.92 Å². The van der Waals surface area contributed by atoms with Gasteiger partial charge in [-0.15, -0.1) is 0 Å². The van der Waals surface area contributed by atoms with Gasteiger partial charge in [0.15, 0.2) is 0 Å². The Labute approximate surface area is 120 Å². The van der Waals surface area contributed by atoms with Crippen LogP contribution in [-0.2, 0) is 11.3 Å². The third-order valence-electron chi connectivity index (χ3n) is 2.99. The monoisotopic (exact) mass is 283 g/mol. The number of rotatable bonds is 9. The first-order chi connectivity index (χ1) is 9.15. The number of unbranched alkanes of at least 4 members (excludes halogenated alkanes) is 4. The molecular formula is C15H22FNOS. The first-order valence-electron chi connectivity index (χ1n) is 6.81. The smallest absolute Gasteiger partial charge is 0.129 e. The minimum Gasteiger partial charge on any atom is -0.389 e. The van der Waals surface area contributed by atoms with Crippen molar-refractivity contribution in [1.82, 2.24) is 0 Å². The molecule has 0 radical (unpaired) electrons. The number of halogens is 1. The molecule has 0 saturated heterocycles. The average molecular weight is 283 g/mol. The molecule has 0 atom stereocenters. The molecule has 0 aromatic heterocycles. The number of nitrogens with two attached hydrogens (primary N) is 1. The van der Waals surface area contributed by atoms with Crippen molar-refractivity contribution in [3.8, 4) is 0 Å². The molecule has 1 aromatic carbocycles. The number of hydrogen-bond donors (Lipinski definition) is 1. The third-order valence-corrected chi connectivity index (χ3v) is 3.22. The van der Waals surface area contributed by atoms with E-state index < -0.39 is 0 Å². The lowest BCUT2D eigenvalue weighted by Gasteiger charge is -2.07. The van der Waals surface area contributed by atoms with Crippen LogP contribution in [0.1, 0.15) is 50.2 Å². The second-order valence-corrected chi connectivity index (χ2v) is 5.08. The number of hydrogen-bond acceptors (Lipinski definition) is 2. The summed E-state index contributed by atoms with van der Waals surface area (Å²) in [6, 6.07) is 4.77. The van der Waals surface area contributed by atoms with Crippen LogP contribution in [0.3, 0.4) is 0 Å². The molecule has 0 amide bonds. The summed E-state index contributed by atoms with van der Waals surface area (Å²) >= 11 is 4.80. The summed E-state index contributed by atoms with van der Waals surface area (Å²) < 4.78 is 19.2. The van der Waals surface area contributed by atoms with E-state index in [0.717, 1.165) is 6.42 Å². The standard InChI is InChI=1S/C15H22FNOS/c1-2-3-4-5-6-9-18-11-13-8-7-12(15(17)19)10-14(13)16/h7-8,10H,2-6,9,11H2,1H3,(H2,17,19). The summed E-state index contributed by atoms with van der Waals surface area (Å²) in [5, 5.41) is 0. The zero-order chi connectivity index (χ0) is 14.1. The molecule has 2 N–H and O–H groups in total. The molecule has 0 aliphatic carbocycles. The minimum absolute atomic E-state index is 0.210. The largest absolute Gasteiger partial charge is 0.389 e. The Hall–Kier alpha value is -1.00. The van der Waals surface area contributed by atoms with Gasteiger partial charge in [0.1, 0.15) is 10.8 Å². The second-order valence-electron chi connectivity index (χ2n) is 4.64. The molecule has 1 aromatic rings. The predicted octanol–water partition coefficient (Wildman–Crippen LogP) is 3.95. The van der Waals surface area contributed by atoms with Crippen molar-refractivity contribution < 1.29 is 9.13 Å². The maximum atomic E-state index is 13.7. The topological polar surface area (TPSA) is 35.2 Å². The Balaban J connectivity index is 2.28. The fourth-order valence-electron chi connectivity index (χ4n) is 1.81.